The molecule has 31 heavy (non-hydrogen) atoms. The van der Waals surface area contributed by atoms with Gasteiger partial charge >= 0.3 is 28.1 Å². The van der Waals surface area contributed by atoms with E-state index in [1.54, 1.807) is 0 Å². The molecule has 5 rings (SSSR count). The van der Waals surface area contributed by atoms with Gasteiger partial charge in [0.1, 0.15) is 5.75 Å². The topological polar surface area (TPSA) is 39.5 Å². The number of hydrogen-bond acceptors (Lipinski definition) is 4. The van der Waals surface area contributed by atoms with E-state index in [4.69, 9.17) is 9.39 Å². The summed E-state index contributed by atoms with van der Waals surface area (Å²) in [6.45, 7) is 4.00. The predicted octanol–water partition coefficient (Wildman–Crippen LogP) is 4.10. The van der Waals surface area contributed by atoms with Crippen LogP contribution in [0.2, 0.25) is 0 Å². The van der Waals surface area contributed by atoms with Crippen LogP contribution in [0.5, 0.6) is 17.2 Å². The number of para-hydroxylation sites is 2. The van der Waals surface area contributed by atoms with Crippen LogP contribution in [-0.2, 0) is 21.1 Å². The summed E-state index contributed by atoms with van der Waals surface area (Å²) in [4.78, 5) is 2.10. The maximum atomic E-state index is 6.12. The molecule has 4 aromatic rings. The summed E-state index contributed by atoms with van der Waals surface area (Å²) < 4.78 is 14.1. The van der Waals surface area contributed by atoms with Gasteiger partial charge < -0.3 is 14.2 Å². The number of rotatable bonds is 4. The average Bonchev–Trinajstić information content (AvgIpc) is 3.27. The van der Waals surface area contributed by atoms with E-state index in [9.17, 15) is 0 Å². The van der Waals surface area contributed by atoms with Crippen molar-refractivity contribution in [2.45, 2.75) is 13.8 Å². The monoisotopic (exact) mass is 588 g/mol. The molecule has 1 aromatic heterocycles. The molecule has 0 fully saturated rings. The summed E-state index contributed by atoms with van der Waals surface area (Å²) >= 11 is 0. The molecule has 0 radical (unpaired) electrons. The van der Waals surface area contributed by atoms with Crippen molar-refractivity contribution in [1.29, 1.82) is 0 Å². The molecule has 0 aliphatic carbocycles. The zero-order valence-electron chi connectivity index (χ0n) is 17.4. The largest absolute Gasteiger partial charge is 2.00 e. The van der Waals surface area contributed by atoms with Gasteiger partial charge in [-0.2, -0.15) is 23.3 Å². The van der Waals surface area contributed by atoms with E-state index < -0.39 is 0 Å². The number of fused-ring (bicyclic) bond motifs is 1. The third-order valence-corrected chi connectivity index (χ3v) is 5.10. The van der Waals surface area contributed by atoms with E-state index in [-0.39, 0.29) is 28.1 Å². The molecular weight excluding hydrogens is 568 g/mol. The van der Waals surface area contributed by atoms with Crippen LogP contribution >= 0.6 is 0 Å². The Morgan fingerprint density at radius 3 is 2.42 bits per heavy atom. The van der Waals surface area contributed by atoms with Crippen LogP contribution in [0.3, 0.4) is 0 Å². The minimum absolute atomic E-state index is 0. The first-order chi connectivity index (χ1) is 14.6. The van der Waals surface area contributed by atoms with Crippen LogP contribution < -0.4 is 19.7 Å². The van der Waals surface area contributed by atoms with Gasteiger partial charge in [-0.1, -0.05) is 12.1 Å². The van der Waals surface area contributed by atoms with E-state index in [2.05, 4.69) is 28.1 Å². The van der Waals surface area contributed by atoms with Crippen molar-refractivity contribution in [2.75, 3.05) is 11.9 Å². The van der Waals surface area contributed by atoms with Gasteiger partial charge in [0.05, 0.1) is 11.4 Å². The molecule has 3 aromatic carbocycles. The van der Waals surface area contributed by atoms with Crippen molar-refractivity contribution in [3.05, 3.63) is 90.3 Å². The van der Waals surface area contributed by atoms with Gasteiger partial charge in [-0.05, 0) is 44.8 Å². The third kappa shape index (κ3) is 4.13. The molecule has 1 aliphatic heterocycles. The molecule has 0 amide bonds. The summed E-state index contributed by atoms with van der Waals surface area (Å²) in [5, 5.41) is 4.52. The van der Waals surface area contributed by atoms with Crippen molar-refractivity contribution in [2.24, 2.45) is 0 Å². The van der Waals surface area contributed by atoms with Crippen LogP contribution in [0, 0.1) is 26.0 Å². The fourth-order valence-corrected chi connectivity index (χ4v) is 3.72. The number of nitrogens with zero attached hydrogens (tertiary/aromatic N) is 3. The average molecular weight is 588 g/mol. The van der Waals surface area contributed by atoms with E-state index in [0.29, 0.717) is 11.5 Å². The van der Waals surface area contributed by atoms with Gasteiger partial charge in [-0.15, -0.1) is 35.8 Å². The molecule has 0 bridgehead atoms. The number of aromatic nitrogens is 2. The van der Waals surface area contributed by atoms with Gasteiger partial charge in [0.15, 0.2) is 0 Å². The molecule has 7 heteroatoms. The van der Waals surface area contributed by atoms with Crippen molar-refractivity contribution < 1.29 is 30.5 Å². The van der Waals surface area contributed by atoms with Crippen molar-refractivity contribution in [3.63, 3.8) is 0 Å². The maximum absolute atomic E-state index is 6.12. The summed E-state index contributed by atoms with van der Waals surface area (Å²) in [7, 11) is 1.78. The minimum Gasteiger partial charge on any atom is -0.537 e. The Kier molecular flexibility index (Phi) is 5.93. The van der Waals surface area contributed by atoms with Crippen LogP contribution in [0.1, 0.15) is 11.4 Å². The number of ether oxygens (including phenoxy) is 1. The second-order valence-electron chi connectivity index (χ2n) is 7.36. The molecule has 156 valence electrons. The fraction of sp³-hybridized carbons (Fsp3) is 0.125. The Morgan fingerprint density at radius 2 is 1.68 bits per heavy atom. The van der Waals surface area contributed by atoms with Gasteiger partial charge in [0.25, 0.3) is 0 Å². The molecular formula is C24H20BN3O2Pt. The number of benzene rings is 3. The van der Waals surface area contributed by atoms with E-state index in [1.807, 2.05) is 86.2 Å². The Morgan fingerprint density at radius 1 is 0.935 bits per heavy atom. The Hall–Kier alpha value is -2.98. The predicted molar refractivity (Wildman–Crippen MR) is 118 cm³/mol. The second kappa shape index (κ2) is 8.64. The number of anilines is 1. The van der Waals surface area contributed by atoms with Crippen molar-refractivity contribution in [1.82, 2.24) is 9.78 Å². The molecule has 0 saturated heterocycles. The molecule has 1 aliphatic rings. The Labute approximate surface area is 197 Å². The number of hydrogen-bond donors (Lipinski definition) is 0. The van der Waals surface area contributed by atoms with Crippen LogP contribution in [0.25, 0.3) is 5.69 Å². The van der Waals surface area contributed by atoms with Crippen molar-refractivity contribution in [3.8, 4) is 22.9 Å². The van der Waals surface area contributed by atoms with Gasteiger partial charge in [0.2, 0.25) is 0 Å². The second-order valence-corrected chi connectivity index (χ2v) is 7.36. The number of aryl methyl sites for hydroxylation is 2. The molecule has 0 unspecified atom stereocenters. The van der Waals surface area contributed by atoms with Crippen molar-refractivity contribution >= 4 is 18.2 Å². The first-order valence-electron chi connectivity index (χ1n) is 9.83. The molecule has 0 N–H and O–H groups in total. The standard InChI is InChI=1S/C24H20BN3O2.Pt/c1-17-14-18(2)28(26-17)20-9-7-11-22(16-20)29-21-10-6-8-19(15-21)25-27(3)23-12-4-5-13-24(23)30-25;/h4-14H,1-3H3;/q-2;+2. The zero-order valence-corrected chi connectivity index (χ0v) is 19.7. The third-order valence-electron chi connectivity index (χ3n) is 5.10. The first-order valence-corrected chi connectivity index (χ1v) is 9.83. The summed E-state index contributed by atoms with van der Waals surface area (Å²) in [5.74, 6) is 2.09. The van der Waals surface area contributed by atoms with Gasteiger partial charge in [-0.3, -0.25) is 4.68 Å². The van der Waals surface area contributed by atoms with Gasteiger partial charge in [-0.25, -0.2) is 0 Å². The smallest absolute Gasteiger partial charge is 0.537 e. The quantitative estimate of drug-likeness (QED) is 0.266. The summed E-state index contributed by atoms with van der Waals surface area (Å²) in [6, 6.07) is 28.3. The van der Waals surface area contributed by atoms with Crippen LogP contribution in [0.15, 0.2) is 66.7 Å². The zero-order chi connectivity index (χ0) is 20.7. The normalized spacial score (nSPS) is 12.2. The van der Waals surface area contributed by atoms with Crippen LogP contribution in [-0.4, -0.2) is 23.9 Å². The van der Waals surface area contributed by atoms with E-state index in [0.717, 1.165) is 34.0 Å². The minimum atomic E-state index is -0.240. The van der Waals surface area contributed by atoms with Gasteiger partial charge in [0, 0.05) is 17.2 Å². The SMILES string of the molecule is Cc1cc(C)n(-c2[c-]c(Oc3[c-]c(B4Oc5ccccc5N4C)ccc3)ccc2)n1.[Pt+2]. The van der Waals surface area contributed by atoms with E-state index >= 15 is 0 Å². The molecule has 0 saturated carbocycles. The Balaban J connectivity index is 0.00000231. The maximum Gasteiger partial charge on any atom is 2.00 e. The van der Waals surface area contributed by atoms with E-state index in [1.165, 1.54) is 0 Å². The molecule has 0 spiro atoms. The molecule has 0 atom stereocenters. The summed E-state index contributed by atoms with van der Waals surface area (Å²) in [6.07, 6.45) is 0. The fourth-order valence-electron chi connectivity index (χ4n) is 3.72. The molecule has 2 heterocycles. The first kappa shape index (κ1) is 21.3. The summed E-state index contributed by atoms with van der Waals surface area (Å²) in [5.41, 5.74) is 4.82. The molecule has 5 nitrogen and oxygen atoms in total. The van der Waals surface area contributed by atoms with Crippen LogP contribution in [0.4, 0.5) is 5.69 Å². The Bertz CT molecular complexity index is 1230.